The molecule has 2 rings (SSSR count). The molecule has 0 bridgehead atoms. The van der Waals surface area contributed by atoms with Crippen LogP contribution in [-0.4, -0.2) is 32.6 Å². The number of fused-ring (bicyclic) bond motifs is 1. The van der Waals surface area contributed by atoms with Crippen LogP contribution < -0.4 is 10.1 Å². The van der Waals surface area contributed by atoms with Gasteiger partial charge in [0.05, 0.1) is 11.9 Å². The summed E-state index contributed by atoms with van der Waals surface area (Å²) in [4.78, 5) is 0. The number of aryl methyl sites for hydroxylation is 1. The standard InChI is InChI=1S/C17H27NO3S/c1-12(2)21-15-9-8-14-6-5-7-17(16(14)10-15)18-13(3)11-22(4,19)20/h8-10,12-13,17-18H,5-7,11H2,1-4H3/t13?,17-/m1/s1. The van der Waals surface area contributed by atoms with Crippen LogP contribution in [0, 0.1) is 0 Å². The van der Waals surface area contributed by atoms with Gasteiger partial charge in [0, 0.05) is 18.3 Å². The number of hydrogen-bond acceptors (Lipinski definition) is 4. The van der Waals surface area contributed by atoms with E-state index in [0.29, 0.717) is 0 Å². The predicted molar refractivity (Wildman–Crippen MR) is 90.2 cm³/mol. The second-order valence-electron chi connectivity index (χ2n) is 6.63. The van der Waals surface area contributed by atoms with Gasteiger partial charge >= 0.3 is 0 Å². The number of benzene rings is 1. The first-order valence-corrected chi connectivity index (χ1v) is 10.0. The summed E-state index contributed by atoms with van der Waals surface area (Å²) in [5.41, 5.74) is 2.59. The lowest BCUT2D eigenvalue weighted by Crippen LogP contribution is -2.37. The molecule has 0 spiro atoms. The van der Waals surface area contributed by atoms with Crippen LogP contribution in [0.4, 0.5) is 0 Å². The minimum absolute atomic E-state index is 0.0550. The van der Waals surface area contributed by atoms with Crippen LogP contribution >= 0.6 is 0 Å². The zero-order chi connectivity index (χ0) is 16.3. The van der Waals surface area contributed by atoms with E-state index in [2.05, 4.69) is 17.4 Å². The van der Waals surface area contributed by atoms with Crippen molar-refractivity contribution >= 4 is 9.84 Å². The van der Waals surface area contributed by atoms with E-state index in [-0.39, 0.29) is 23.9 Å². The molecule has 0 radical (unpaired) electrons. The molecule has 0 amide bonds. The van der Waals surface area contributed by atoms with E-state index in [4.69, 9.17) is 4.74 Å². The van der Waals surface area contributed by atoms with E-state index in [1.54, 1.807) is 0 Å². The molecule has 1 aliphatic carbocycles. The second-order valence-corrected chi connectivity index (χ2v) is 8.82. The first-order chi connectivity index (χ1) is 10.2. The van der Waals surface area contributed by atoms with Gasteiger partial charge in [-0.3, -0.25) is 0 Å². The van der Waals surface area contributed by atoms with Crippen LogP contribution in [0.3, 0.4) is 0 Å². The molecule has 0 saturated carbocycles. The van der Waals surface area contributed by atoms with Gasteiger partial charge in [0.15, 0.2) is 0 Å². The van der Waals surface area contributed by atoms with Crippen molar-refractivity contribution in [3.63, 3.8) is 0 Å². The van der Waals surface area contributed by atoms with Gasteiger partial charge in [-0.2, -0.15) is 0 Å². The van der Waals surface area contributed by atoms with Crippen molar-refractivity contribution in [1.29, 1.82) is 0 Å². The molecule has 4 nitrogen and oxygen atoms in total. The quantitative estimate of drug-likeness (QED) is 0.874. The first kappa shape index (κ1) is 17.3. The fourth-order valence-corrected chi connectivity index (χ4v) is 4.15. The van der Waals surface area contributed by atoms with E-state index in [9.17, 15) is 8.42 Å². The maximum Gasteiger partial charge on any atom is 0.148 e. The molecule has 1 aliphatic rings. The van der Waals surface area contributed by atoms with Gasteiger partial charge in [-0.1, -0.05) is 6.07 Å². The first-order valence-electron chi connectivity index (χ1n) is 7.98. The fourth-order valence-electron chi connectivity index (χ4n) is 3.14. The zero-order valence-electron chi connectivity index (χ0n) is 13.9. The molecule has 0 saturated heterocycles. The Morgan fingerprint density at radius 1 is 1.32 bits per heavy atom. The molecule has 124 valence electrons. The van der Waals surface area contributed by atoms with Crippen LogP contribution in [0.5, 0.6) is 5.75 Å². The molecule has 0 heterocycles. The third-order valence-electron chi connectivity index (χ3n) is 3.84. The van der Waals surface area contributed by atoms with Crippen LogP contribution in [0.15, 0.2) is 18.2 Å². The Hall–Kier alpha value is -1.07. The van der Waals surface area contributed by atoms with Crippen molar-refractivity contribution in [2.24, 2.45) is 0 Å². The van der Waals surface area contributed by atoms with Crippen LogP contribution in [0.2, 0.25) is 0 Å². The van der Waals surface area contributed by atoms with Gasteiger partial charge in [0.2, 0.25) is 0 Å². The average Bonchev–Trinajstić information content (AvgIpc) is 2.36. The highest BCUT2D eigenvalue weighted by molar-refractivity contribution is 7.90. The minimum Gasteiger partial charge on any atom is -0.491 e. The lowest BCUT2D eigenvalue weighted by Gasteiger charge is -2.29. The van der Waals surface area contributed by atoms with Crippen molar-refractivity contribution in [3.8, 4) is 5.75 Å². The molecule has 22 heavy (non-hydrogen) atoms. The van der Waals surface area contributed by atoms with E-state index < -0.39 is 9.84 Å². The molecular weight excluding hydrogens is 298 g/mol. The number of ether oxygens (including phenoxy) is 1. The second kappa shape index (κ2) is 7.01. The van der Waals surface area contributed by atoms with Crippen molar-refractivity contribution < 1.29 is 13.2 Å². The Kier molecular flexibility index (Phi) is 5.50. The Morgan fingerprint density at radius 3 is 2.68 bits per heavy atom. The van der Waals surface area contributed by atoms with Crippen LogP contribution in [-0.2, 0) is 16.3 Å². The number of rotatable bonds is 6. The van der Waals surface area contributed by atoms with Gasteiger partial charge in [-0.15, -0.1) is 0 Å². The molecule has 1 N–H and O–H groups in total. The number of hydrogen-bond donors (Lipinski definition) is 1. The number of sulfone groups is 1. The summed E-state index contributed by atoms with van der Waals surface area (Å²) < 4.78 is 28.7. The van der Waals surface area contributed by atoms with Crippen LogP contribution in [0.25, 0.3) is 0 Å². The highest BCUT2D eigenvalue weighted by atomic mass is 32.2. The molecule has 1 unspecified atom stereocenters. The van der Waals surface area contributed by atoms with Crippen molar-refractivity contribution in [1.82, 2.24) is 5.32 Å². The largest absolute Gasteiger partial charge is 0.491 e. The highest BCUT2D eigenvalue weighted by Crippen LogP contribution is 2.33. The normalized spacial score (nSPS) is 19.8. The van der Waals surface area contributed by atoms with Crippen molar-refractivity contribution in [3.05, 3.63) is 29.3 Å². The molecule has 2 atom stereocenters. The van der Waals surface area contributed by atoms with Gasteiger partial charge in [-0.05, 0) is 63.3 Å². The third-order valence-corrected chi connectivity index (χ3v) is 4.95. The summed E-state index contributed by atoms with van der Waals surface area (Å²) in [6.07, 6.45) is 4.68. The summed E-state index contributed by atoms with van der Waals surface area (Å²) in [5.74, 6) is 1.05. The summed E-state index contributed by atoms with van der Waals surface area (Å²) in [7, 11) is -2.96. The Bertz CT molecular complexity index is 610. The number of nitrogens with one attached hydrogen (secondary N) is 1. The van der Waals surface area contributed by atoms with E-state index in [1.807, 2.05) is 26.8 Å². The molecule has 0 fully saturated rings. The van der Waals surface area contributed by atoms with Gasteiger partial charge in [-0.25, -0.2) is 8.42 Å². The summed E-state index contributed by atoms with van der Waals surface area (Å²) in [6.45, 7) is 5.97. The Labute approximate surface area is 134 Å². The maximum atomic E-state index is 11.4. The summed E-state index contributed by atoms with van der Waals surface area (Å²) >= 11 is 0. The average molecular weight is 325 g/mol. The van der Waals surface area contributed by atoms with Crippen LogP contribution in [0.1, 0.15) is 50.8 Å². The summed E-state index contributed by atoms with van der Waals surface area (Å²) in [6, 6.07) is 6.43. The minimum atomic E-state index is -2.96. The monoisotopic (exact) mass is 325 g/mol. The molecule has 1 aromatic carbocycles. The Morgan fingerprint density at radius 2 is 2.05 bits per heavy atom. The smallest absolute Gasteiger partial charge is 0.148 e. The van der Waals surface area contributed by atoms with Gasteiger partial charge in [0.25, 0.3) is 0 Å². The Balaban J connectivity index is 2.15. The van der Waals surface area contributed by atoms with Gasteiger partial charge in [0.1, 0.15) is 15.6 Å². The maximum absolute atomic E-state index is 11.4. The zero-order valence-corrected chi connectivity index (χ0v) is 14.7. The van der Waals surface area contributed by atoms with E-state index in [1.165, 1.54) is 17.4 Å². The fraction of sp³-hybridized carbons (Fsp3) is 0.647. The molecule has 0 aliphatic heterocycles. The lowest BCUT2D eigenvalue weighted by molar-refractivity contribution is 0.241. The van der Waals surface area contributed by atoms with Crippen molar-refractivity contribution in [2.75, 3.05) is 12.0 Å². The van der Waals surface area contributed by atoms with E-state index >= 15 is 0 Å². The molecule has 5 heteroatoms. The lowest BCUT2D eigenvalue weighted by atomic mass is 9.87. The highest BCUT2D eigenvalue weighted by Gasteiger charge is 2.23. The molecular formula is C17H27NO3S. The van der Waals surface area contributed by atoms with E-state index in [0.717, 1.165) is 25.0 Å². The molecule has 0 aromatic heterocycles. The SMILES string of the molecule is CC(CS(C)(=O)=O)N[C@@H]1CCCc2ccc(OC(C)C)cc21. The van der Waals surface area contributed by atoms with Crippen molar-refractivity contribution in [2.45, 2.75) is 58.2 Å². The third kappa shape index (κ3) is 4.99. The van der Waals surface area contributed by atoms with Gasteiger partial charge < -0.3 is 10.1 Å². The topological polar surface area (TPSA) is 55.4 Å². The molecule has 1 aromatic rings. The summed E-state index contributed by atoms with van der Waals surface area (Å²) in [5, 5.41) is 3.48. The predicted octanol–water partition coefficient (Wildman–Crippen LogP) is 2.87.